The van der Waals surface area contributed by atoms with E-state index in [0.717, 1.165) is 12.2 Å². The van der Waals surface area contributed by atoms with Crippen LogP contribution >= 0.6 is 11.3 Å². The van der Waals surface area contributed by atoms with Crippen LogP contribution in [0.3, 0.4) is 0 Å². The number of benzene rings is 1. The lowest BCUT2D eigenvalue weighted by Crippen LogP contribution is -2.49. The van der Waals surface area contributed by atoms with E-state index < -0.39 is 5.60 Å². The Kier molecular flexibility index (Phi) is 7.88. The average molecular weight is 433 g/mol. The number of thiophene rings is 1. The summed E-state index contributed by atoms with van der Waals surface area (Å²) in [7, 11) is 1.64. The zero-order chi connectivity index (χ0) is 21.6. The van der Waals surface area contributed by atoms with Crippen LogP contribution in [0.2, 0.25) is 0 Å². The predicted octanol–water partition coefficient (Wildman–Crippen LogP) is 2.97. The maximum atomic E-state index is 13.3. The first-order valence-electron chi connectivity index (χ1n) is 10.3. The topological polar surface area (TPSA) is 62.2 Å². The van der Waals surface area contributed by atoms with E-state index in [-0.39, 0.29) is 18.5 Å². The van der Waals surface area contributed by atoms with Crippen LogP contribution in [0.1, 0.15) is 30.3 Å². The van der Waals surface area contributed by atoms with E-state index in [2.05, 4.69) is 11.4 Å². The van der Waals surface area contributed by atoms with E-state index in [4.69, 9.17) is 9.47 Å². The Labute approximate surface area is 183 Å². The van der Waals surface area contributed by atoms with Crippen molar-refractivity contribution in [2.75, 3.05) is 46.5 Å². The van der Waals surface area contributed by atoms with Crippen LogP contribution in [0.15, 0.2) is 41.8 Å². The number of fused-ring (bicyclic) bond motifs is 1. The first-order valence-corrected chi connectivity index (χ1v) is 11.2. The Morgan fingerprint density at radius 3 is 2.77 bits per heavy atom. The smallest absolute Gasteiger partial charge is 0.237 e. The van der Waals surface area contributed by atoms with E-state index in [1.807, 2.05) is 40.1 Å². The molecule has 2 aromatic rings. The molecular formula is C23H32N2O4S. The molecule has 1 amide bonds. The molecule has 3 rings (SSSR count). The van der Waals surface area contributed by atoms with E-state index >= 15 is 0 Å². The number of hydrogen-bond donors (Lipinski definition) is 1. The molecular weight excluding hydrogens is 400 g/mol. The molecule has 7 heteroatoms. The lowest BCUT2D eigenvalue weighted by Gasteiger charge is -2.37. The monoisotopic (exact) mass is 432 g/mol. The lowest BCUT2D eigenvalue weighted by atomic mass is 10.00. The number of carbonyl (C=O) groups excluding carboxylic acids is 1. The van der Waals surface area contributed by atoms with Gasteiger partial charge in [0.05, 0.1) is 24.8 Å². The molecule has 1 N–H and O–H groups in total. The SMILES string of the molecule is COCCN(CC(=O)N1CCc2sccc2C1COc1ccccc1)CC(C)(C)O. The maximum absolute atomic E-state index is 13.3. The highest BCUT2D eigenvalue weighted by Gasteiger charge is 2.33. The van der Waals surface area contributed by atoms with Gasteiger partial charge in [-0.1, -0.05) is 18.2 Å². The minimum atomic E-state index is -0.883. The number of rotatable bonds is 10. The largest absolute Gasteiger partial charge is 0.491 e. The number of para-hydroxylation sites is 1. The van der Waals surface area contributed by atoms with Crippen molar-refractivity contribution in [3.05, 3.63) is 52.2 Å². The summed E-state index contributed by atoms with van der Waals surface area (Å²) in [6.07, 6.45) is 0.865. The molecule has 1 aromatic carbocycles. The molecule has 1 aliphatic heterocycles. The van der Waals surface area contributed by atoms with Crippen molar-refractivity contribution in [2.24, 2.45) is 0 Å². The predicted molar refractivity (Wildman–Crippen MR) is 119 cm³/mol. The molecule has 164 valence electrons. The van der Waals surface area contributed by atoms with Crippen molar-refractivity contribution in [3.8, 4) is 5.75 Å². The molecule has 0 fully saturated rings. The quantitative estimate of drug-likeness (QED) is 0.625. The molecule has 1 atom stereocenters. The fourth-order valence-corrected chi connectivity index (χ4v) is 4.76. The van der Waals surface area contributed by atoms with Gasteiger partial charge < -0.3 is 19.5 Å². The summed E-state index contributed by atoms with van der Waals surface area (Å²) >= 11 is 1.74. The first-order chi connectivity index (χ1) is 14.4. The molecule has 1 unspecified atom stereocenters. The highest BCUT2D eigenvalue weighted by molar-refractivity contribution is 7.10. The van der Waals surface area contributed by atoms with Crippen LogP contribution in [-0.4, -0.2) is 72.9 Å². The van der Waals surface area contributed by atoms with E-state index in [1.54, 1.807) is 32.3 Å². The maximum Gasteiger partial charge on any atom is 0.237 e. The van der Waals surface area contributed by atoms with Crippen LogP contribution in [0, 0.1) is 0 Å². The van der Waals surface area contributed by atoms with Gasteiger partial charge in [0.1, 0.15) is 12.4 Å². The Bertz CT molecular complexity index is 803. The molecule has 0 saturated heterocycles. The van der Waals surface area contributed by atoms with Crippen LogP contribution in [-0.2, 0) is 16.0 Å². The number of nitrogens with zero attached hydrogens (tertiary/aromatic N) is 2. The van der Waals surface area contributed by atoms with E-state index in [1.165, 1.54) is 10.4 Å². The molecule has 6 nitrogen and oxygen atoms in total. The second-order valence-corrected chi connectivity index (χ2v) is 9.29. The highest BCUT2D eigenvalue weighted by atomic mass is 32.1. The van der Waals surface area contributed by atoms with Gasteiger partial charge in [0.25, 0.3) is 0 Å². The third kappa shape index (κ3) is 6.28. The number of hydrogen-bond acceptors (Lipinski definition) is 6. The fraction of sp³-hybridized carbons (Fsp3) is 0.522. The summed E-state index contributed by atoms with van der Waals surface area (Å²) in [6, 6.07) is 11.7. The number of methoxy groups -OCH3 is 1. The van der Waals surface area contributed by atoms with E-state index in [9.17, 15) is 9.90 Å². The molecule has 1 aliphatic rings. The average Bonchev–Trinajstić information content (AvgIpc) is 3.19. The van der Waals surface area contributed by atoms with Gasteiger partial charge in [-0.2, -0.15) is 0 Å². The van der Waals surface area contributed by atoms with Crippen LogP contribution in [0.5, 0.6) is 5.75 Å². The molecule has 0 spiro atoms. The second kappa shape index (κ2) is 10.4. The summed E-state index contributed by atoms with van der Waals surface area (Å²) in [4.78, 5) is 18.5. The van der Waals surface area contributed by atoms with Gasteiger partial charge >= 0.3 is 0 Å². The zero-order valence-corrected chi connectivity index (χ0v) is 18.9. The van der Waals surface area contributed by atoms with Crippen LogP contribution in [0.25, 0.3) is 0 Å². The van der Waals surface area contributed by atoms with Gasteiger partial charge in [-0.3, -0.25) is 9.69 Å². The molecule has 0 radical (unpaired) electrons. The molecule has 2 heterocycles. The third-order valence-corrected chi connectivity index (χ3v) is 6.14. The summed E-state index contributed by atoms with van der Waals surface area (Å²) in [5.74, 6) is 0.852. The summed E-state index contributed by atoms with van der Waals surface area (Å²) in [5.41, 5.74) is 0.299. The molecule has 30 heavy (non-hydrogen) atoms. The number of carbonyl (C=O) groups is 1. The minimum absolute atomic E-state index is 0.0499. The van der Waals surface area contributed by atoms with Gasteiger partial charge in [-0.05, 0) is 49.4 Å². The number of amides is 1. The molecule has 1 aromatic heterocycles. The number of ether oxygens (including phenoxy) is 2. The lowest BCUT2D eigenvalue weighted by molar-refractivity contribution is -0.137. The zero-order valence-electron chi connectivity index (χ0n) is 18.0. The second-order valence-electron chi connectivity index (χ2n) is 8.29. The molecule has 0 bridgehead atoms. The van der Waals surface area contributed by atoms with Crippen molar-refractivity contribution in [3.63, 3.8) is 0 Å². The van der Waals surface area contributed by atoms with Crippen LogP contribution < -0.4 is 4.74 Å². The Morgan fingerprint density at radius 1 is 1.30 bits per heavy atom. The highest BCUT2D eigenvalue weighted by Crippen LogP contribution is 2.34. The summed E-state index contributed by atoms with van der Waals surface area (Å²) < 4.78 is 11.2. The van der Waals surface area contributed by atoms with Gasteiger partial charge in [0.15, 0.2) is 0 Å². The van der Waals surface area contributed by atoms with Crippen molar-refractivity contribution in [2.45, 2.75) is 31.9 Å². The standard InChI is InChI=1S/C23H32N2O4S/c1-23(2,27)17-24(12-13-28-3)15-22(26)25-11-9-21-19(10-14-30-21)20(25)16-29-18-7-5-4-6-8-18/h4-8,10,14,20,27H,9,11-13,15-17H2,1-3H3. The Morgan fingerprint density at radius 2 is 2.07 bits per heavy atom. The minimum Gasteiger partial charge on any atom is -0.491 e. The van der Waals surface area contributed by atoms with Gasteiger partial charge in [0.2, 0.25) is 5.91 Å². The van der Waals surface area contributed by atoms with Crippen molar-refractivity contribution in [1.82, 2.24) is 9.80 Å². The van der Waals surface area contributed by atoms with Crippen LogP contribution in [0.4, 0.5) is 0 Å². The summed E-state index contributed by atoms with van der Waals surface area (Å²) in [5, 5.41) is 12.3. The van der Waals surface area contributed by atoms with Crippen molar-refractivity contribution < 1.29 is 19.4 Å². The Balaban J connectivity index is 1.73. The Hall–Kier alpha value is -1.93. The summed E-state index contributed by atoms with van der Waals surface area (Å²) in [6.45, 7) is 6.37. The van der Waals surface area contributed by atoms with Crippen molar-refractivity contribution >= 4 is 17.2 Å². The van der Waals surface area contributed by atoms with Gasteiger partial charge in [-0.15, -0.1) is 11.3 Å². The molecule has 0 saturated carbocycles. The number of aliphatic hydroxyl groups is 1. The van der Waals surface area contributed by atoms with Gasteiger partial charge in [0, 0.05) is 31.6 Å². The van der Waals surface area contributed by atoms with E-state index in [0.29, 0.717) is 32.8 Å². The third-order valence-electron chi connectivity index (χ3n) is 5.15. The van der Waals surface area contributed by atoms with Crippen molar-refractivity contribution in [1.29, 1.82) is 0 Å². The molecule has 0 aliphatic carbocycles. The normalized spacial score (nSPS) is 16.6. The first kappa shape index (κ1) is 22.7. The fourth-order valence-electron chi connectivity index (χ4n) is 3.83. The van der Waals surface area contributed by atoms with Gasteiger partial charge in [-0.25, -0.2) is 0 Å².